The van der Waals surface area contributed by atoms with Crippen molar-refractivity contribution in [3.8, 4) is 11.1 Å². The van der Waals surface area contributed by atoms with Gasteiger partial charge in [0.15, 0.2) is 0 Å². The van der Waals surface area contributed by atoms with Crippen LogP contribution in [0.1, 0.15) is 61.5 Å². The lowest BCUT2D eigenvalue weighted by Gasteiger charge is -2.32. The van der Waals surface area contributed by atoms with E-state index in [2.05, 4.69) is 138 Å². The third-order valence-electron chi connectivity index (χ3n) is 10.0. The molecule has 2 aliphatic rings. The topological polar surface area (TPSA) is 59.9 Å². The number of nitrogens with zero attached hydrogens (tertiary/aromatic N) is 2. The Morgan fingerprint density at radius 3 is 2.23 bits per heavy atom. The molecular formula is C41H37N3O2S. The van der Waals surface area contributed by atoms with Crippen molar-refractivity contribution in [2.45, 2.75) is 55.4 Å². The normalized spacial score (nSPS) is 18.0. The van der Waals surface area contributed by atoms with E-state index in [9.17, 15) is 4.79 Å². The zero-order valence-electron chi connectivity index (χ0n) is 26.6. The molecule has 0 aromatic heterocycles. The average Bonchev–Trinajstić information content (AvgIpc) is 3.71. The van der Waals surface area contributed by atoms with Crippen LogP contribution in [0, 0.1) is 6.57 Å². The van der Waals surface area contributed by atoms with E-state index in [4.69, 9.17) is 12.5 Å². The molecule has 1 aliphatic heterocycles. The summed E-state index contributed by atoms with van der Waals surface area (Å²) in [5.41, 5.74) is 9.98. The first-order chi connectivity index (χ1) is 23.0. The van der Waals surface area contributed by atoms with Crippen LogP contribution in [0.15, 0.2) is 121 Å². The van der Waals surface area contributed by atoms with E-state index >= 15 is 0 Å². The van der Waals surface area contributed by atoms with E-state index in [0.717, 1.165) is 42.7 Å². The molecule has 1 saturated heterocycles. The summed E-state index contributed by atoms with van der Waals surface area (Å²) in [5.74, 6) is 4.27. The number of rotatable bonds is 8. The lowest BCUT2D eigenvalue weighted by Crippen LogP contribution is -2.23. The summed E-state index contributed by atoms with van der Waals surface area (Å²) in [4.78, 5) is 21.9. The Kier molecular flexibility index (Phi) is 8.36. The van der Waals surface area contributed by atoms with Gasteiger partial charge in [-0.25, -0.2) is 4.85 Å². The largest absolute Gasteiger partial charge is 0.381 e. The molecule has 1 aliphatic carbocycles. The van der Waals surface area contributed by atoms with Crippen LogP contribution >= 0.6 is 11.8 Å². The molecule has 2 unspecified atom stereocenters. The summed E-state index contributed by atoms with van der Waals surface area (Å²) in [6, 6.07) is 39.9. The molecule has 0 radical (unpaired) electrons. The van der Waals surface area contributed by atoms with E-state index in [0.29, 0.717) is 0 Å². The SMILES string of the molecule is [C-]#[N+]/C(=C\C1CCC(c2ccc3c(c2)C(CC)(CC)c2cc(N(c4ccccc4)c4ccc5ccccc5c4)ccc2-3)S1)C(=O)ON. The first-order valence-corrected chi connectivity index (χ1v) is 17.2. The van der Waals surface area contributed by atoms with Crippen molar-refractivity contribution in [2.75, 3.05) is 4.90 Å². The number of thioether (sulfide) groups is 1. The Morgan fingerprint density at radius 2 is 1.51 bits per heavy atom. The standard InChI is InChI=1S/C41H37N3O2S/c1-4-41(5-2)36-24-29(39-22-19-33(47-39)26-38(43-3)40(45)46-42)16-20-34(36)35-21-18-32(25-37(35)41)44(30-13-7-6-8-14-30)31-17-15-27-11-9-10-12-28(27)23-31/h6-18,20-21,23-26,33,39H,4-5,19,22,42H2,1-2H3/b38-26-. The Bertz CT molecular complexity index is 2040. The van der Waals surface area contributed by atoms with Gasteiger partial charge in [-0.2, -0.15) is 5.90 Å². The smallest absolute Gasteiger partial charge is 0.356 e. The molecule has 1 heterocycles. The number of hydrogen-bond acceptors (Lipinski definition) is 5. The van der Waals surface area contributed by atoms with Gasteiger partial charge in [-0.15, -0.1) is 11.8 Å². The zero-order valence-corrected chi connectivity index (χ0v) is 27.5. The molecule has 0 amide bonds. The van der Waals surface area contributed by atoms with Crippen LogP contribution in [0.5, 0.6) is 0 Å². The number of carbonyl (C=O) groups excluding carboxylic acids is 1. The monoisotopic (exact) mass is 635 g/mol. The fraction of sp³-hybridized carbons (Fsp3) is 0.220. The van der Waals surface area contributed by atoms with Gasteiger partial charge in [-0.1, -0.05) is 92.7 Å². The van der Waals surface area contributed by atoms with Crippen LogP contribution in [0.3, 0.4) is 0 Å². The number of nitrogens with two attached hydrogens (primary N) is 1. The average molecular weight is 636 g/mol. The van der Waals surface area contributed by atoms with Crippen LogP contribution in [0.2, 0.25) is 0 Å². The highest BCUT2D eigenvalue weighted by atomic mass is 32.2. The maximum absolute atomic E-state index is 11.9. The lowest BCUT2D eigenvalue weighted by atomic mass is 9.73. The Balaban J connectivity index is 1.27. The first kappa shape index (κ1) is 30.8. The predicted octanol–water partition coefficient (Wildman–Crippen LogP) is 10.6. The number of fused-ring (bicyclic) bond motifs is 4. The second-order valence-corrected chi connectivity index (χ2v) is 13.8. The summed E-state index contributed by atoms with van der Waals surface area (Å²) in [6.07, 6.45) is 5.58. The number of anilines is 3. The molecule has 234 valence electrons. The van der Waals surface area contributed by atoms with Crippen molar-refractivity contribution in [1.29, 1.82) is 0 Å². The van der Waals surface area contributed by atoms with Crippen molar-refractivity contribution in [3.05, 3.63) is 149 Å². The molecule has 0 bridgehead atoms. The van der Waals surface area contributed by atoms with Gasteiger partial charge in [0.05, 0.1) is 6.57 Å². The highest BCUT2D eigenvalue weighted by molar-refractivity contribution is 8.00. The zero-order chi connectivity index (χ0) is 32.5. The van der Waals surface area contributed by atoms with Gasteiger partial charge in [0, 0.05) is 33.0 Å². The van der Waals surface area contributed by atoms with Gasteiger partial charge in [-0.05, 0) is 101 Å². The van der Waals surface area contributed by atoms with E-state index in [-0.39, 0.29) is 21.6 Å². The summed E-state index contributed by atoms with van der Waals surface area (Å²) in [6.45, 7) is 12.0. The molecule has 7 rings (SSSR count). The highest BCUT2D eigenvalue weighted by Crippen LogP contribution is 2.56. The van der Waals surface area contributed by atoms with Crippen LogP contribution < -0.4 is 10.8 Å². The predicted molar refractivity (Wildman–Crippen MR) is 194 cm³/mol. The molecule has 5 aromatic rings. The molecule has 6 heteroatoms. The van der Waals surface area contributed by atoms with Crippen LogP contribution in [-0.4, -0.2) is 11.2 Å². The van der Waals surface area contributed by atoms with E-state index in [1.54, 1.807) is 6.08 Å². The minimum atomic E-state index is -0.777. The number of carbonyl (C=O) groups is 1. The molecule has 5 aromatic carbocycles. The third-order valence-corrected chi connectivity index (χ3v) is 11.6. The minimum Gasteiger partial charge on any atom is -0.381 e. The second kappa shape index (κ2) is 12.8. The maximum Gasteiger partial charge on any atom is 0.356 e. The molecule has 5 nitrogen and oxygen atoms in total. The quantitative estimate of drug-likeness (QED) is 0.104. The molecule has 47 heavy (non-hydrogen) atoms. The van der Waals surface area contributed by atoms with E-state index in [1.165, 1.54) is 38.6 Å². The molecule has 1 fully saturated rings. The van der Waals surface area contributed by atoms with Gasteiger partial charge in [0.2, 0.25) is 0 Å². The Hall–Kier alpha value is -4.83. The van der Waals surface area contributed by atoms with Crippen molar-refractivity contribution < 1.29 is 9.63 Å². The van der Waals surface area contributed by atoms with Crippen molar-refractivity contribution in [3.63, 3.8) is 0 Å². The number of benzene rings is 5. The van der Waals surface area contributed by atoms with Crippen LogP contribution in [0.25, 0.3) is 26.7 Å². The number of para-hydroxylation sites is 1. The third kappa shape index (κ3) is 5.40. The summed E-state index contributed by atoms with van der Waals surface area (Å²) in [7, 11) is 0. The van der Waals surface area contributed by atoms with Gasteiger partial charge < -0.3 is 9.74 Å². The van der Waals surface area contributed by atoms with E-state index < -0.39 is 5.97 Å². The van der Waals surface area contributed by atoms with E-state index in [1.807, 2.05) is 11.8 Å². The van der Waals surface area contributed by atoms with Crippen molar-refractivity contribution in [1.82, 2.24) is 0 Å². The summed E-state index contributed by atoms with van der Waals surface area (Å²) >= 11 is 1.81. The van der Waals surface area contributed by atoms with Crippen LogP contribution in [-0.2, 0) is 15.0 Å². The fourth-order valence-corrected chi connectivity index (χ4v) is 9.09. The van der Waals surface area contributed by atoms with Crippen molar-refractivity contribution >= 4 is 45.6 Å². The van der Waals surface area contributed by atoms with Crippen LogP contribution in [0.4, 0.5) is 17.1 Å². The fourth-order valence-electron chi connectivity index (χ4n) is 7.61. The van der Waals surface area contributed by atoms with Gasteiger partial charge in [0.1, 0.15) is 0 Å². The molecule has 0 spiro atoms. The lowest BCUT2D eigenvalue weighted by molar-refractivity contribution is -0.139. The highest BCUT2D eigenvalue weighted by Gasteiger charge is 2.41. The molecule has 0 saturated carbocycles. The first-order valence-electron chi connectivity index (χ1n) is 16.3. The second-order valence-electron chi connectivity index (χ2n) is 12.3. The summed E-state index contributed by atoms with van der Waals surface area (Å²) in [5, 5.41) is 2.80. The molecular weight excluding hydrogens is 599 g/mol. The summed E-state index contributed by atoms with van der Waals surface area (Å²) < 4.78 is 0. The Labute approximate surface area is 280 Å². The van der Waals surface area contributed by atoms with Crippen molar-refractivity contribution in [2.24, 2.45) is 5.90 Å². The van der Waals surface area contributed by atoms with Gasteiger partial charge in [0.25, 0.3) is 5.70 Å². The van der Waals surface area contributed by atoms with Gasteiger partial charge >= 0.3 is 5.97 Å². The Morgan fingerprint density at radius 1 is 0.851 bits per heavy atom. The molecule has 2 atom stereocenters. The maximum atomic E-state index is 11.9. The van der Waals surface area contributed by atoms with Gasteiger partial charge in [-0.3, -0.25) is 4.79 Å². The number of hydrogen-bond donors (Lipinski definition) is 1. The minimum absolute atomic E-state index is 0.0462. The molecule has 2 N–H and O–H groups in total.